The maximum atomic E-state index is 13.4. The monoisotopic (exact) mass is 387 g/mol. The fourth-order valence-electron chi connectivity index (χ4n) is 2.44. The molecule has 12 heteroatoms. The number of urea groups is 1. The molecule has 2 aromatic heterocycles. The summed E-state index contributed by atoms with van der Waals surface area (Å²) in [5.41, 5.74) is 2.84. The van der Waals surface area contributed by atoms with Crippen LogP contribution < -0.4 is 16.2 Å². The van der Waals surface area contributed by atoms with E-state index in [2.05, 4.69) is 31.1 Å². The van der Waals surface area contributed by atoms with Crippen LogP contribution in [0.1, 0.15) is 23.6 Å². The normalized spacial score (nSPS) is 13.7. The van der Waals surface area contributed by atoms with Crippen molar-refractivity contribution in [1.29, 1.82) is 0 Å². The Balaban J connectivity index is 1.93. The highest BCUT2D eigenvalue weighted by molar-refractivity contribution is 5.74. The van der Waals surface area contributed by atoms with Crippen LogP contribution in [0.5, 0.6) is 0 Å². The Morgan fingerprint density at radius 1 is 1.26 bits per heavy atom. The maximum absolute atomic E-state index is 13.4. The van der Waals surface area contributed by atoms with Crippen molar-refractivity contribution in [2.75, 3.05) is 12.0 Å². The van der Waals surface area contributed by atoms with Crippen LogP contribution in [-0.4, -0.2) is 43.4 Å². The second-order valence-corrected chi connectivity index (χ2v) is 5.95. The van der Waals surface area contributed by atoms with E-state index >= 15 is 0 Å². The topological polar surface area (TPSA) is 117 Å². The van der Waals surface area contributed by atoms with Gasteiger partial charge >= 0.3 is 12.2 Å². The van der Waals surface area contributed by atoms with Crippen LogP contribution in [-0.2, 0) is 12.6 Å². The molecule has 0 aliphatic rings. The highest BCUT2D eigenvalue weighted by Gasteiger charge is 2.57. The average molecular weight is 387 g/mol. The fraction of sp³-hybridized carbons (Fsp3) is 0.467. The smallest absolute Gasteiger partial charge is 0.374 e. The van der Waals surface area contributed by atoms with E-state index in [0.29, 0.717) is 11.4 Å². The molecule has 0 bridgehead atoms. The van der Waals surface area contributed by atoms with E-state index in [9.17, 15) is 23.1 Å². The van der Waals surface area contributed by atoms with E-state index < -0.39 is 36.6 Å². The van der Waals surface area contributed by atoms with Gasteiger partial charge in [0, 0.05) is 43.8 Å². The number of carbonyl (C=O) groups excluding carboxylic acids is 1. The molecule has 1 unspecified atom stereocenters. The highest BCUT2D eigenvalue weighted by Crippen LogP contribution is 2.40. The summed E-state index contributed by atoms with van der Waals surface area (Å²) >= 11 is 0. The number of hydrogen-bond acceptors (Lipinski definition) is 6. The molecule has 1 atom stereocenters. The van der Waals surface area contributed by atoms with Gasteiger partial charge in [0.15, 0.2) is 0 Å². The SMILES string of the molecule is Cc1cc(C)nc(NNC(=O)NCCC(O)(c2nccn2C)C(F)(F)F)n1. The number of carbonyl (C=O) groups is 1. The van der Waals surface area contributed by atoms with Crippen molar-refractivity contribution in [3.05, 3.63) is 35.7 Å². The number of rotatable bonds is 6. The number of amides is 2. The summed E-state index contributed by atoms with van der Waals surface area (Å²) in [5.74, 6) is -0.415. The Kier molecular flexibility index (Phi) is 5.88. The van der Waals surface area contributed by atoms with Gasteiger partial charge in [-0.3, -0.25) is 5.43 Å². The Labute approximate surface area is 153 Å². The van der Waals surface area contributed by atoms with Crippen molar-refractivity contribution >= 4 is 12.0 Å². The van der Waals surface area contributed by atoms with Crippen LogP contribution in [0.25, 0.3) is 0 Å². The van der Waals surface area contributed by atoms with Crippen LogP contribution in [0.4, 0.5) is 23.9 Å². The van der Waals surface area contributed by atoms with Crippen molar-refractivity contribution in [3.63, 3.8) is 0 Å². The molecule has 0 radical (unpaired) electrons. The number of hydrogen-bond donors (Lipinski definition) is 4. The number of aryl methyl sites for hydroxylation is 3. The summed E-state index contributed by atoms with van der Waals surface area (Å²) in [6.45, 7) is 3.04. The number of hydrazine groups is 1. The molecule has 0 fully saturated rings. The largest absolute Gasteiger partial charge is 0.424 e. The summed E-state index contributed by atoms with van der Waals surface area (Å²) in [7, 11) is 1.34. The summed E-state index contributed by atoms with van der Waals surface area (Å²) < 4.78 is 41.1. The summed E-state index contributed by atoms with van der Waals surface area (Å²) in [5, 5.41) is 12.4. The lowest BCUT2D eigenvalue weighted by Gasteiger charge is -2.29. The van der Waals surface area contributed by atoms with Crippen molar-refractivity contribution in [3.8, 4) is 0 Å². The maximum Gasteiger partial charge on any atom is 0.424 e. The molecule has 0 spiro atoms. The number of alkyl halides is 3. The summed E-state index contributed by atoms with van der Waals surface area (Å²) in [4.78, 5) is 23.4. The first-order valence-corrected chi connectivity index (χ1v) is 7.92. The molecule has 2 rings (SSSR count). The first-order valence-electron chi connectivity index (χ1n) is 7.92. The zero-order chi connectivity index (χ0) is 20.2. The van der Waals surface area contributed by atoms with E-state index in [0.717, 1.165) is 10.8 Å². The minimum atomic E-state index is -4.96. The van der Waals surface area contributed by atoms with Gasteiger partial charge in [0.25, 0.3) is 0 Å². The van der Waals surface area contributed by atoms with Crippen molar-refractivity contribution in [1.82, 2.24) is 30.3 Å². The molecule has 2 amide bonds. The van der Waals surface area contributed by atoms with Gasteiger partial charge in [-0.1, -0.05) is 0 Å². The first-order chi connectivity index (χ1) is 12.5. The molecule has 0 aromatic carbocycles. The Hall–Kier alpha value is -2.89. The fourth-order valence-corrected chi connectivity index (χ4v) is 2.44. The molecule has 0 aliphatic heterocycles. The predicted molar refractivity (Wildman–Crippen MR) is 89.4 cm³/mol. The lowest BCUT2D eigenvalue weighted by molar-refractivity contribution is -0.272. The second-order valence-electron chi connectivity index (χ2n) is 5.95. The van der Waals surface area contributed by atoms with Crippen molar-refractivity contribution in [2.45, 2.75) is 32.0 Å². The van der Waals surface area contributed by atoms with Crippen molar-refractivity contribution in [2.24, 2.45) is 7.05 Å². The molecular weight excluding hydrogens is 367 g/mol. The molecule has 2 heterocycles. The quantitative estimate of drug-likeness (QED) is 0.555. The minimum absolute atomic E-state index is 0.141. The van der Waals surface area contributed by atoms with E-state index in [1.807, 2.05) is 0 Å². The highest BCUT2D eigenvalue weighted by atomic mass is 19.4. The van der Waals surface area contributed by atoms with Gasteiger partial charge in [0.2, 0.25) is 11.5 Å². The van der Waals surface area contributed by atoms with Gasteiger partial charge in [0.1, 0.15) is 5.82 Å². The number of halogens is 3. The van der Waals surface area contributed by atoms with E-state index in [1.165, 1.54) is 13.2 Å². The number of imidazole rings is 1. The molecule has 0 saturated carbocycles. The van der Waals surface area contributed by atoms with Gasteiger partial charge in [-0.25, -0.2) is 25.2 Å². The summed E-state index contributed by atoms with van der Waals surface area (Å²) in [6.07, 6.45) is -3.33. The lowest BCUT2D eigenvalue weighted by atomic mass is 9.97. The standard InChI is InChI=1S/C15H20F3N7O2/c1-9-8-10(2)22-12(21-9)23-24-13(26)20-5-4-14(27,15(16,17)18)11-19-6-7-25(11)3/h6-8,27H,4-5H2,1-3H3,(H2,20,24,26)(H,21,22,23). The first kappa shape index (κ1) is 20.4. The second kappa shape index (κ2) is 7.78. The zero-order valence-electron chi connectivity index (χ0n) is 14.9. The minimum Gasteiger partial charge on any atom is -0.374 e. The van der Waals surface area contributed by atoms with Gasteiger partial charge in [-0.2, -0.15) is 13.2 Å². The summed E-state index contributed by atoms with van der Waals surface area (Å²) in [6, 6.07) is 0.933. The van der Waals surface area contributed by atoms with E-state index in [-0.39, 0.29) is 5.95 Å². The third-order valence-electron chi connectivity index (χ3n) is 3.70. The van der Waals surface area contributed by atoms with E-state index in [4.69, 9.17) is 0 Å². The van der Waals surface area contributed by atoms with Crippen LogP contribution in [0, 0.1) is 13.8 Å². The molecular formula is C15H20F3N7O2. The number of aromatic nitrogens is 4. The Morgan fingerprint density at radius 3 is 2.41 bits per heavy atom. The van der Waals surface area contributed by atoms with Gasteiger partial charge in [-0.15, -0.1) is 0 Å². The van der Waals surface area contributed by atoms with Gasteiger partial charge in [-0.05, 0) is 19.9 Å². The Morgan fingerprint density at radius 2 is 1.89 bits per heavy atom. The van der Waals surface area contributed by atoms with Crippen LogP contribution >= 0.6 is 0 Å². The zero-order valence-corrected chi connectivity index (χ0v) is 14.9. The molecule has 9 nitrogen and oxygen atoms in total. The number of nitrogens with one attached hydrogen (secondary N) is 3. The number of nitrogens with zero attached hydrogens (tertiary/aromatic N) is 4. The van der Waals surface area contributed by atoms with Crippen LogP contribution in [0.3, 0.4) is 0 Å². The third-order valence-corrected chi connectivity index (χ3v) is 3.70. The Bertz CT molecular complexity index is 789. The van der Waals surface area contributed by atoms with Crippen molar-refractivity contribution < 1.29 is 23.1 Å². The molecule has 0 aliphatic carbocycles. The number of aliphatic hydroxyl groups is 1. The molecule has 4 N–H and O–H groups in total. The van der Waals surface area contributed by atoms with E-state index in [1.54, 1.807) is 19.9 Å². The van der Waals surface area contributed by atoms with Crippen LogP contribution in [0.2, 0.25) is 0 Å². The molecule has 148 valence electrons. The van der Waals surface area contributed by atoms with Gasteiger partial charge in [0.05, 0.1) is 0 Å². The lowest BCUT2D eigenvalue weighted by Crippen LogP contribution is -2.48. The molecule has 27 heavy (non-hydrogen) atoms. The van der Waals surface area contributed by atoms with Gasteiger partial charge < -0.3 is 15.0 Å². The van der Waals surface area contributed by atoms with Crippen LogP contribution in [0.15, 0.2) is 18.5 Å². The molecule has 2 aromatic rings. The molecule has 0 saturated heterocycles. The predicted octanol–water partition coefficient (Wildman–Crippen LogP) is 1.29. The third kappa shape index (κ3) is 4.84. The number of anilines is 1. The average Bonchev–Trinajstić information content (AvgIpc) is 2.97.